The van der Waals surface area contributed by atoms with Crippen molar-refractivity contribution >= 4 is 11.9 Å². The number of nitrogens with two attached hydrogens (primary N) is 1. The van der Waals surface area contributed by atoms with Gasteiger partial charge in [-0.3, -0.25) is 5.41 Å². The molecule has 0 amide bonds. The second-order valence-electron chi connectivity index (χ2n) is 2.92. The minimum absolute atomic E-state index is 0.118. The largest absolute Gasteiger partial charge is 0.478 e. The van der Waals surface area contributed by atoms with Gasteiger partial charge in [0.25, 0.3) is 0 Å². The summed E-state index contributed by atoms with van der Waals surface area (Å²) in [5, 5.41) is 18.0. The summed E-state index contributed by atoms with van der Waals surface area (Å²) in [7, 11) is 0. The van der Waals surface area contributed by atoms with Crippen molar-refractivity contribution in [2.45, 2.75) is 6.54 Å². The minimum Gasteiger partial charge on any atom is -0.478 e. The van der Waals surface area contributed by atoms with E-state index in [2.05, 4.69) is 5.32 Å². The first-order valence-corrected chi connectivity index (χ1v) is 4.09. The molecule has 5 N–H and O–H groups in total. The highest BCUT2D eigenvalue weighted by atomic mass is 18.2. The Balaban J connectivity index is 2.88. The van der Waals surface area contributed by atoms with E-state index in [1.54, 1.807) is 0 Å². The number of hydrogen-bond donors (Lipinski definition) is 4. The van der Waals surface area contributed by atoms with Crippen LogP contribution in [0.3, 0.4) is 0 Å². The van der Waals surface area contributed by atoms with Crippen LogP contribution in [0.15, 0.2) is 18.2 Å². The zero-order valence-electron chi connectivity index (χ0n) is 7.75. The summed E-state index contributed by atoms with van der Waals surface area (Å²) in [6.45, 7) is 0.118. The molecule has 15 heavy (non-hydrogen) atoms. The molecule has 0 bridgehead atoms. The number of halogens is 1. The van der Waals surface area contributed by atoms with Gasteiger partial charge in [0.2, 0.25) is 0 Å². The maximum absolute atomic E-state index is 12.9. The fourth-order valence-corrected chi connectivity index (χ4v) is 1.07. The predicted octanol–water partition coefficient (Wildman–Crippen LogP) is 0.507. The first kappa shape index (κ1) is 11.0. The summed E-state index contributed by atoms with van der Waals surface area (Å²) in [6, 6.07) is 3.43. The van der Waals surface area contributed by atoms with Crippen LogP contribution in [0.25, 0.3) is 0 Å². The Bertz CT molecular complexity index is 406. The third-order valence-electron chi connectivity index (χ3n) is 1.69. The molecule has 0 aliphatic carbocycles. The second-order valence-corrected chi connectivity index (χ2v) is 2.92. The fraction of sp³-hybridized carbons (Fsp3) is 0.111. The summed E-state index contributed by atoms with van der Waals surface area (Å²) < 4.78 is 12.9. The monoisotopic (exact) mass is 210 g/mol. The number of carboxylic acids is 1. The van der Waals surface area contributed by atoms with Gasteiger partial charge in [-0.25, -0.2) is 9.18 Å². The van der Waals surface area contributed by atoms with Gasteiger partial charge in [-0.1, -0.05) is 0 Å². The smallest absolute Gasteiger partial charge is 0.335 e. The summed E-state index contributed by atoms with van der Waals surface area (Å²) >= 11 is 0. The zero-order chi connectivity index (χ0) is 11.4. The first-order chi connectivity index (χ1) is 6.99. The molecule has 1 aromatic rings. The molecule has 0 aromatic heterocycles. The van der Waals surface area contributed by atoms with Gasteiger partial charge in [-0.15, -0.1) is 0 Å². The maximum atomic E-state index is 12.9. The van der Waals surface area contributed by atoms with Crippen molar-refractivity contribution in [2.75, 3.05) is 0 Å². The minimum atomic E-state index is -1.20. The van der Waals surface area contributed by atoms with E-state index in [-0.39, 0.29) is 18.1 Å². The number of carbonyl (C=O) groups is 1. The average molecular weight is 210 g/mol. The van der Waals surface area contributed by atoms with Crippen LogP contribution in [0.4, 0.5) is 4.39 Å². The second kappa shape index (κ2) is 4.41. The van der Waals surface area contributed by atoms with E-state index >= 15 is 0 Å². The highest BCUT2D eigenvalue weighted by molar-refractivity contribution is 5.87. The van der Waals surface area contributed by atoms with Crippen molar-refractivity contribution < 1.29 is 14.3 Å². The van der Waals surface area contributed by atoms with Crippen LogP contribution in [0.1, 0.15) is 15.9 Å². The number of hydrogen-bond acceptors (Lipinski definition) is 2. The van der Waals surface area contributed by atoms with Gasteiger partial charge in [0.05, 0.1) is 5.56 Å². The van der Waals surface area contributed by atoms with Crippen molar-refractivity contribution in [3.8, 4) is 0 Å². The van der Waals surface area contributed by atoms with Gasteiger partial charge in [0, 0.05) is 6.54 Å². The lowest BCUT2D eigenvalue weighted by Gasteiger charge is -2.05. The normalized spacial score (nSPS) is 9.67. The van der Waals surface area contributed by atoms with E-state index < -0.39 is 11.8 Å². The predicted molar refractivity (Wildman–Crippen MR) is 52.1 cm³/mol. The first-order valence-electron chi connectivity index (χ1n) is 4.09. The molecule has 0 aliphatic rings. The Hall–Kier alpha value is -2.11. The number of carboxylic acid groups (broad SMARTS) is 1. The highest BCUT2D eigenvalue weighted by Crippen LogP contribution is 2.09. The summed E-state index contributed by atoms with van der Waals surface area (Å²) in [5.41, 5.74) is 5.33. The van der Waals surface area contributed by atoms with Crippen LogP contribution in [0, 0.1) is 11.2 Å². The van der Waals surface area contributed by atoms with Crippen LogP contribution in [-0.2, 0) is 6.54 Å². The lowest BCUT2D eigenvalue weighted by atomic mass is 10.1. The van der Waals surface area contributed by atoms with Crippen molar-refractivity contribution in [1.29, 1.82) is 5.41 Å². The number of nitrogens with one attached hydrogen (secondary N) is 2. The van der Waals surface area contributed by atoms with Crippen molar-refractivity contribution in [3.05, 3.63) is 35.1 Å². The van der Waals surface area contributed by atoms with Gasteiger partial charge in [-0.05, 0) is 23.8 Å². The summed E-state index contributed by atoms with van der Waals surface area (Å²) in [6.07, 6.45) is 0. The molecule has 80 valence electrons. The van der Waals surface area contributed by atoms with E-state index in [1.165, 1.54) is 12.1 Å². The molecule has 0 fully saturated rings. The molecule has 0 radical (unpaired) electrons. The van der Waals surface area contributed by atoms with Crippen molar-refractivity contribution in [1.82, 2.24) is 5.32 Å². The number of aromatic carboxylic acids is 1. The van der Waals surface area contributed by atoms with Gasteiger partial charge < -0.3 is 16.2 Å². The van der Waals surface area contributed by atoms with E-state index in [0.717, 1.165) is 6.07 Å². The van der Waals surface area contributed by atoms with E-state index in [1.807, 2.05) is 0 Å². The van der Waals surface area contributed by atoms with E-state index in [0.29, 0.717) is 5.56 Å². The number of guanidine groups is 1. The fourth-order valence-electron chi connectivity index (χ4n) is 1.07. The van der Waals surface area contributed by atoms with Crippen molar-refractivity contribution in [3.63, 3.8) is 0 Å². The molecule has 0 saturated carbocycles. The standard InChI is InChI=1S/C9H10FN3O2/c10-7-2-5(4-13-9(11)12)1-6(3-7)8(14)15/h1-3H,4H2,(H,14,15)(H4,11,12,13)/i10-1. The molecule has 0 spiro atoms. The third-order valence-corrected chi connectivity index (χ3v) is 1.69. The average Bonchev–Trinajstić information content (AvgIpc) is 2.13. The van der Waals surface area contributed by atoms with Gasteiger partial charge in [0.15, 0.2) is 5.96 Å². The molecule has 0 aliphatic heterocycles. The van der Waals surface area contributed by atoms with Gasteiger partial charge in [0.1, 0.15) is 5.82 Å². The Labute approximate surface area is 85.2 Å². The Morgan fingerprint density at radius 2 is 2.20 bits per heavy atom. The molecule has 6 heteroatoms. The topological polar surface area (TPSA) is 99.2 Å². The van der Waals surface area contributed by atoms with Crippen LogP contribution in [0.2, 0.25) is 0 Å². The molecular formula is C9H10FN3O2. The van der Waals surface area contributed by atoms with E-state index in [9.17, 15) is 9.18 Å². The Morgan fingerprint density at radius 1 is 1.53 bits per heavy atom. The lowest BCUT2D eigenvalue weighted by molar-refractivity contribution is 0.0696. The zero-order valence-corrected chi connectivity index (χ0v) is 7.75. The summed E-state index contributed by atoms with van der Waals surface area (Å²) in [5.74, 6) is -2.08. The molecule has 5 nitrogen and oxygen atoms in total. The van der Waals surface area contributed by atoms with Crippen LogP contribution >= 0.6 is 0 Å². The van der Waals surface area contributed by atoms with E-state index in [4.69, 9.17) is 16.2 Å². The molecule has 1 aromatic carbocycles. The molecule has 1 rings (SSSR count). The van der Waals surface area contributed by atoms with Crippen LogP contribution in [0.5, 0.6) is 0 Å². The van der Waals surface area contributed by atoms with Gasteiger partial charge >= 0.3 is 5.97 Å². The number of benzene rings is 1. The van der Waals surface area contributed by atoms with Crippen LogP contribution in [-0.4, -0.2) is 17.0 Å². The van der Waals surface area contributed by atoms with Crippen molar-refractivity contribution in [2.24, 2.45) is 5.73 Å². The third kappa shape index (κ3) is 3.26. The molecule has 0 heterocycles. The molecule has 0 atom stereocenters. The van der Waals surface area contributed by atoms with Crippen LogP contribution < -0.4 is 11.1 Å². The summed E-state index contributed by atoms with van der Waals surface area (Å²) in [4.78, 5) is 10.6. The Morgan fingerprint density at radius 3 is 2.73 bits per heavy atom. The molecule has 0 saturated heterocycles. The van der Waals surface area contributed by atoms with Gasteiger partial charge in [-0.2, -0.15) is 0 Å². The SMILES string of the molecule is N=C(N)NCc1cc([18F])cc(C(=O)O)c1. The molecule has 0 unspecified atom stereocenters. The Kier molecular flexibility index (Phi) is 3.22. The number of rotatable bonds is 3. The lowest BCUT2D eigenvalue weighted by Crippen LogP contribution is -2.29. The maximum Gasteiger partial charge on any atom is 0.335 e. The quantitative estimate of drug-likeness (QED) is 0.431. The molecular weight excluding hydrogens is 200 g/mol. The highest BCUT2D eigenvalue weighted by Gasteiger charge is 2.06.